The monoisotopic (exact) mass is 340 g/mol. The van der Waals surface area contributed by atoms with Crippen LogP contribution in [-0.2, 0) is 0 Å². The molecule has 1 heterocycles. The molecule has 0 aliphatic heterocycles. The predicted molar refractivity (Wildman–Crippen MR) is 92.3 cm³/mol. The van der Waals surface area contributed by atoms with Crippen LogP contribution in [0.2, 0.25) is 5.02 Å². The highest BCUT2D eigenvalue weighted by Crippen LogP contribution is 2.36. The minimum atomic E-state index is -1.01. The first-order valence-electron chi connectivity index (χ1n) is 7.03. The van der Waals surface area contributed by atoms with Gasteiger partial charge in [-0.1, -0.05) is 60.1 Å². The molecule has 0 saturated heterocycles. The first-order valence-corrected chi connectivity index (χ1v) is 8.29. The lowest BCUT2D eigenvalue weighted by Crippen LogP contribution is -2.09. The van der Waals surface area contributed by atoms with Crippen molar-refractivity contribution >= 4 is 22.9 Å². The Balaban J connectivity index is 1.92. The summed E-state index contributed by atoms with van der Waals surface area (Å²) in [6.07, 6.45) is -1.01. The lowest BCUT2D eigenvalue weighted by molar-refractivity contribution is 0.164. The van der Waals surface area contributed by atoms with Gasteiger partial charge >= 0.3 is 0 Å². The first kappa shape index (κ1) is 15.7. The number of nitrogens with zero attached hydrogens (tertiary/aromatic N) is 2. The smallest absolute Gasteiger partial charge is 0.128 e. The lowest BCUT2D eigenvalue weighted by atomic mass is 9.97. The molecule has 0 bridgehead atoms. The summed E-state index contributed by atoms with van der Waals surface area (Å²) in [5.74, 6) is -0.752. The van der Waals surface area contributed by atoms with Crippen molar-refractivity contribution in [3.63, 3.8) is 0 Å². The van der Waals surface area contributed by atoms with Crippen LogP contribution in [0.15, 0.2) is 60.0 Å². The Bertz CT molecular complexity index is 841. The Kier molecular flexibility index (Phi) is 4.73. The van der Waals surface area contributed by atoms with Gasteiger partial charge in [0, 0.05) is 21.5 Å². The molecule has 23 heavy (non-hydrogen) atoms. The fourth-order valence-corrected chi connectivity index (χ4v) is 3.48. The Labute approximate surface area is 143 Å². The highest BCUT2D eigenvalue weighted by Gasteiger charge is 2.27. The van der Waals surface area contributed by atoms with Crippen molar-refractivity contribution in [3.05, 3.63) is 75.6 Å². The molecule has 114 valence electrons. The molecular weight excluding hydrogens is 328 g/mol. The van der Waals surface area contributed by atoms with Gasteiger partial charge in [-0.3, -0.25) is 0 Å². The zero-order valence-corrected chi connectivity index (χ0v) is 13.6. The highest BCUT2D eigenvalue weighted by molar-refractivity contribution is 7.10. The van der Waals surface area contributed by atoms with Gasteiger partial charge in [-0.15, -0.1) is 11.3 Å². The maximum Gasteiger partial charge on any atom is 0.128 e. The van der Waals surface area contributed by atoms with E-state index in [1.807, 2.05) is 35.7 Å². The molecular formula is C18H13ClN2OS. The summed E-state index contributed by atoms with van der Waals surface area (Å²) in [6, 6.07) is 18.9. The standard InChI is InChI=1S/C18H13ClN2OS/c19-15-9-5-4-8-13(15)17(22)14(10-20)18-21-16(11-23-18)12-6-2-1-3-7-12/h1-9,11,14,17,22H. The van der Waals surface area contributed by atoms with Gasteiger partial charge in [0.05, 0.1) is 11.8 Å². The van der Waals surface area contributed by atoms with Gasteiger partial charge in [-0.25, -0.2) is 4.98 Å². The quantitative estimate of drug-likeness (QED) is 0.741. The van der Waals surface area contributed by atoms with Crippen LogP contribution in [0.25, 0.3) is 11.3 Å². The number of rotatable bonds is 4. The van der Waals surface area contributed by atoms with Gasteiger partial charge in [0.15, 0.2) is 0 Å². The van der Waals surface area contributed by atoms with E-state index in [0.717, 1.165) is 11.3 Å². The molecule has 2 atom stereocenters. The molecule has 2 aromatic carbocycles. The van der Waals surface area contributed by atoms with Gasteiger partial charge in [0.2, 0.25) is 0 Å². The number of aliphatic hydroxyl groups excluding tert-OH is 1. The Morgan fingerprint density at radius 1 is 1.09 bits per heavy atom. The average molecular weight is 341 g/mol. The van der Waals surface area contributed by atoms with Crippen molar-refractivity contribution in [1.82, 2.24) is 4.98 Å². The molecule has 1 N–H and O–H groups in total. The molecule has 3 rings (SSSR count). The third-order valence-electron chi connectivity index (χ3n) is 3.54. The Morgan fingerprint density at radius 2 is 1.78 bits per heavy atom. The summed E-state index contributed by atoms with van der Waals surface area (Å²) in [5, 5.41) is 23.0. The maximum atomic E-state index is 10.6. The minimum Gasteiger partial charge on any atom is -0.387 e. The Morgan fingerprint density at radius 3 is 2.48 bits per heavy atom. The van der Waals surface area contributed by atoms with Crippen molar-refractivity contribution in [3.8, 4) is 17.3 Å². The summed E-state index contributed by atoms with van der Waals surface area (Å²) in [5.41, 5.74) is 2.33. The number of hydrogen-bond donors (Lipinski definition) is 1. The number of nitriles is 1. The number of halogens is 1. The molecule has 0 radical (unpaired) electrons. The first-order chi connectivity index (χ1) is 11.2. The topological polar surface area (TPSA) is 56.9 Å². The summed E-state index contributed by atoms with van der Waals surface area (Å²) in [4.78, 5) is 4.52. The van der Waals surface area contributed by atoms with E-state index in [1.165, 1.54) is 11.3 Å². The van der Waals surface area contributed by atoms with Gasteiger partial charge in [-0.2, -0.15) is 5.26 Å². The predicted octanol–water partition coefficient (Wildman–Crippen LogP) is 4.80. The summed E-state index contributed by atoms with van der Waals surface area (Å²) >= 11 is 7.49. The van der Waals surface area contributed by atoms with Crippen molar-refractivity contribution in [2.45, 2.75) is 12.0 Å². The van der Waals surface area contributed by atoms with Crippen molar-refractivity contribution < 1.29 is 5.11 Å². The largest absolute Gasteiger partial charge is 0.387 e. The van der Waals surface area contributed by atoms with Crippen LogP contribution in [-0.4, -0.2) is 10.1 Å². The minimum absolute atomic E-state index is 0.445. The van der Waals surface area contributed by atoms with Crippen molar-refractivity contribution in [2.24, 2.45) is 0 Å². The number of hydrogen-bond acceptors (Lipinski definition) is 4. The van der Waals surface area contributed by atoms with E-state index in [1.54, 1.807) is 24.3 Å². The second-order valence-electron chi connectivity index (χ2n) is 5.01. The zero-order chi connectivity index (χ0) is 16.2. The van der Waals surface area contributed by atoms with Gasteiger partial charge in [0.1, 0.15) is 17.0 Å². The normalized spacial score (nSPS) is 13.3. The fraction of sp³-hybridized carbons (Fsp3) is 0.111. The molecule has 1 aromatic heterocycles. The molecule has 0 aliphatic rings. The molecule has 0 saturated carbocycles. The average Bonchev–Trinajstić information content (AvgIpc) is 3.06. The fourth-order valence-electron chi connectivity index (χ4n) is 2.33. The highest BCUT2D eigenvalue weighted by atomic mass is 35.5. The van der Waals surface area contributed by atoms with Crippen LogP contribution in [0, 0.1) is 11.3 Å². The van der Waals surface area contributed by atoms with Crippen molar-refractivity contribution in [1.29, 1.82) is 5.26 Å². The SMILES string of the molecule is N#CC(c1nc(-c2ccccc2)cs1)C(O)c1ccccc1Cl. The van der Waals surface area contributed by atoms with Crippen LogP contribution < -0.4 is 0 Å². The molecule has 0 amide bonds. The third kappa shape index (κ3) is 3.27. The van der Waals surface area contributed by atoms with Crippen LogP contribution >= 0.6 is 22.9 Å². The van der Waals surface area contributed by atoms with Crippen LogP contribution in [0.1, 0.15) is 22.6 Å². The van der Waals surface area contributed by atoms with E-state index in [9.17, 15) is 10.4 Å². The van der Waals surface area contributed by atoms with E-state index in [2.05, 4.69) is 11.1 Å². The number of aliphatic hydroxyl groups is 1. The molecule has 0 spiro atoms. The maximum absolute atomic E-state index is 10.6. The number of thiazole rings is 1. The van der Waals surface area contributed by atoms with Crippen molar-refractivity contribution in [2.75, 3.05) is 0 Å². The number of benzene rings is 2. The van der Waals surface area contributed by atoms with E-state index in [0.29, 0.717) is 15.6 Å². The summed E-state index contributed by atoms with van der Waals surface area (Å²) in [6.45, 7) is 0. The molecule has 0 aliphatic carbocycles. The van der Waals surface area contributed by atoms with E-state index >= 15 is 0 Å². The molecule has 2 unspecified atom stereocenters. The van der Waals surface area contributed by atoms with E-state index < -0.39 is 12.0 Å². The van der Waals surface area contributed by atoms with Crippen LogP contribution in [0.3, 0.4) is 0 Å². The molecule has 3 aromatic rings. The van der Waals surface area contributed by atoms with E-state index in [4.69, 9.17) is 11.6 Å². The van der Waals surface area contributed by atoms with Gasteiger partial charge < -0.3 is 5.11 Å². The van der Waals surface area contributed by atoms with Gasteiger partial charge in [0.25, 0.3) is 0 Å². The molecule has 3 nitrogen and oxygen atoms in total. The van der Waals surface area contributed by atoms with Crippen LogP contribution in [0.5, 0.6) is 0 Å². The molecule has 0 fully saturated rings. The summed E-state index contributed by atoms with van der Waals surface area (Å²) < 4.78 is 0. The second-order valence-corrected chi connectivity index (χ2v) is 6.31. The second kappa shape index (κ2) is 6.93. The molecule has 5 heteroatoms. The van der Waals surface area contributed by atoms with Gasteiger partial charge in [-0.05, 0) is 6.07 Å². The lowest BCUT2D eigenvalue weighted by Gasteiger charge is -2.16. The Hall–Kier alpha value is -2.19. The zero-order valence-electron chi connectivity index (χ0n) is 12.1. The third-order valence-corrected chi connectivity index (χ3v) is 4.81. The number of aromatic nitrogens is 1. The van der Waals surface area contributed by atoms with Crippen LogP contribution in [0.4, 0.5) is 0 Å². The van der Waals surface area contributed by atoms with E-state index in [-0.39, 0.29) is 0 Å². The summed E-state index contributed by atoms with van der Waals surface area (Å²) in [7, 11) is 0.